The van der Waals surface area contributed by atoms with E-state index in [4.69, 9.17) is 11.6 Å². The van der Waals surface area contributed by atoms with Crippen LogP contribution >= 0.6 is 11.6 Å². The highest BCUT2D eigenvalue weighted by atomic mass is 35.5. The van der Waals surface area contributed by atoms with Crippen molar-refractivity contribution in [2.45, 2.75) is 6.42 Å². The molecular weight excluding hydrogens is 323 g/mol. The van der Waals surface area contributed by atoms with E-state index in [-0.39, 0.29) is 23.6 Å². The minimum absolute atomic E-state index is 0.0263. The number of ether oxygens (including phenoxy) is 1. The zero-order valence-electron chi connectivity index (χ0n) is 12.3. The first-order chi connectivity index (χ1) is 11.0. The summed E-state index contributed by atoms with van der Waals surface area (Å²) in [5.41, 5.74) is 0.544. The standard InChI is InChI=1S/C16H14ClFN2O3/c1-23-15(21)6-8-20(12-4-2-3-11(18)9-12)16(22)13-5-7-19-10-14(13)17/h2-5,7,9-10H,6,8H2,1H3. The number of amides is 1. The molecule has 0 saturated heterocycles. The Morgan fingerprint density at radius 3 is 2.78 bits per heavy atom. The maximum atomic E-state index is 13.5. The summed E-state index contributed by atoms with van der Waals surface area (Å²) >= 11 is 6.00. The van der Waals surface area contributed by atoms with Crippen molar-refractivity contribution in [2.24, 2.45) is 0 Å². The number of anilines is 1. The van der Waals surface area contributed by atoms with Crippen molar-refractivity contribution in [3.8, 4) is 0 Å². The van der Waals surface area contributed by atoms with Crippen molar-refractivity contribution in [2.75, 3.05) is 18.6 Å². The van der Waals surface area contributed by atoms with E-state index in [1.54, 1.807) is 6.07 Å². The molecule has 7 heteroatoms. The second-order valence-electron chi connectivity index (χ2n) is 4.62. The fourth-order valence-corrected chi connectivity index (χ4v) is 2.19. The van der Waals surface area contributed by atoms with Gasteiger partial charge in [0.25, 0.3) is 5.91 Å². The molecule has 0 aliphatic carbocycles. The van der Waals surface area contributed by atoms with Gasteiger partial charge in [0.1, 0.15) is 5.82 Å². The van der Waals surface area contributed by atoms with Gasteiger partial charge < -0.3 is 9.64 Å². The summed E-state index contributed by atoms with van der Waals surface area (Å²) in [5, 5.41) is 0.178. The summed E-state index contributed by atoms with van der Waals surface area (Å²) in [5.74, 6) is -1.41. The molecule has 1 amide bonds. The van der Waals surface area contributed by atoms with E-state index in [9.17, 15) is 14.0 Å². The molecule has 1 heterocycles. The number of benzene rings is 1. The lowest BCUT2D eigenvalue weighted by Crippen LogP contribution is -2.33. The predicted octanol–water partition coefficient (Wildman–Crippen LogP) is 3.08. The van der Waals surface area contributed by atoms with E-state index in [0.717, 1.165) is 0 Å². The molecule has 2 aromatic rings. The van der Waals surface area contributed by atoms with E-state index in [2.05, 4.69) is 9.72 Å². The fraction of sp³-hybridized carbons (Fsp3) is 0.188. The van der Waals surface area contributed by atoms with Crippen molar-refractivity contribution < 1.29 is 18.7 Å². The van der Waals surface area contributed by atoms with Crippen LogP contribution in [0.1, 0.15) is 16.8 Å². The number of nitrogens with zero attached hydrogens (tertiary/aromatic N) is 2. The normalized spacial score (nSPS) is 10.2. The maximum absolute atomic E-state index is 13.5. The quantitative estimate of drug-likeness (QED) is 0.787. The molecule has 120 valence electrons. The summed E-state index contributed by atoms with van der Waals surface area (Å²) in [6.07, 6.45) is 2.75. The lowest BCUT2D eigenvalue weighted by molar-refractivity contribution is -0.140. The molecule has 2 rings (SSSR count). The summed E-state index contributed by atoms with van der Waals surface area (Å²) in [6, 6.07) is 7.01. The topological polar surface area (TPSA) is 59.5 Å². The molecule has 23 heavy (non-hydrogen) atoms. The van der Waals surface area contributed by atoms with Gasteiger partial charge in [0, 0.05) is 24.6 Å². The largest absolute Gasteiger partial charge is 0.469 e. The molecule has 0 bridgehead atoms. The molecule has 1 aromatic carbocycles. The van der Waals surface area contributed by atoms with Crippen LogP contribution in [0.15, 0.2) is 42.7 Å². The van der Waals surface area contributed by atoms with Gasteiger partial charge in [-0.25, -0.2) is 4.39 Å². The van der Waals surface area contributed by atoms with Crippen LogP contribution in [0.3, 0.4) is 0 Å². The summed E-state index contributed by atoms with van der Waals surface area (Å²) in [6.45, 7) is 0.0353. The summed E-state index contributed by atoms with van der Waals surface area (Å²) < 4.78 is 18.1. The first-order valence-electron chi connectivity index (χ1n) is 6.76. The predicted molar refractivity (Wildman–Crippen MR) is 84.0 cm³/mol. The number of rotatable bonds is 5. The lowest BCUT2D eigenvalue weighted by atomic mass is 10.2. The van der Waals surface area contributed by atoms with E-state index < -0.39 is 17.7 Å². The van der Waals surface area contributed by atoms with E-state index in [1.165, 1.54) is 48.7 Å². The molecule has 5 nitrogen and oxygen atoms in total. The summed E-state index contributed by atoms with van der Waals surface area (Å²) in [7, 11) is 1.26. The monoisotopic (exact) mass is 336 g/mol. The number of methoxy groups -OCH3 is 1. The van der Waals surface area contributed by atoms with Crippen LogP contribution < -0.4 is 4.90 Å². The van der Waals surface area contributed by atoms with Gasteiger partial charge in [0.2, 0.25) is 0 Å². The lowest BCUT2D eigenvalue weighted by Gasteiger charge is -2.23. The summed E-state index contributed by atoms with van der Waals surface area (Å²) in [4.78, 5) is 29.2. The second kappa shape index (κ2) is 7.69. The highest BCUT2D eigenvalue weighted by Crippen LogP contribution is 2.22. The molecule has 0 saturated carbocycles. The van der Waals surface area contributed by atoms with Gasteiger partial charge in [-0.05, 0) is 24.3 Å². The Morgan fingerprint density at radius 1 is 1.35 bits per heavy atom. The number of esters is 1. The minimum atomic E-state index is -0.487. The van der Waals surface area contributed by atoms with Gasteiger partial charge in [-0.1, -0.05) is 17.7 Å². The van der Waals surface area contributed by atoms with Gasteiger partial charge in [0.15, 0.2) is 0 Å². The molecule has 0 radical (unpaired) electrons. The Balaban J connectivity index is 2.34. The highest BCUT2D eigenvalue weighted by molar-refractivity contribution is 6.34. The third-order valence-electron chi connectivity index (χ3n) is 3.14. The van der Waals surface area contributed by atoms with E-state index in [0.29, 0.717) is 5.69 Å². The SMILES string of the molecule is COC(=O)CCN(C(=O)c1ccncc1Cl)c1cccc(F)c1. The van der Waals surface area contributed by atoms with Crippen LogP contribution in [0.4, 0.5) is 10.1 Å². The van der Waals surface area contributed by atoms with Gasteiger partial charge >= 0.3 is 5.97 Å². The Kier molecular flexibility index (Phi) is 5.65. The molecular formula is C16H14ClFN2O3. The van der Waals surface area contributed by atoms with Crippen LogP contribution in [-0.4, -0.2) is 30.5 Å². The number of hydrogen-bond donors (Lipinski definition) is 0. The Bertz CT molecular complexity index is 724. The second-order valence-corrected chi connectivity index (χ2v) is 5.03. The molecule has 1 aromatic heterocycles. The zero-order valence-corrected chi connectivity index (χ0v) is 13.1. The molecule has 0 aliphatic heterocycles. The molecule has 0 fully saturated rings. The third kappa shape index (κ3) is 4.26. The first kappa shape index (κ1) is 16.9. The van der Waals surface area contributed by atoms with Gasteiger partial charge in [-0.2, -0.15) is 0 Å². The first-order valence-corrected chi connectivity index (χ1v) is 7.14. The van der Waals surface area contributed by atoms with Crippen molar-refractivity contribution in [3.05, 3.63) is 59.1 Å². The highest BCUT2D eigenvalue weighted by Gasteiger charge is 2.21. The zero-order chi connectivity index (χ0) is 16.8. The molecule has 0 N–H and O–H groups in total. The van der Waals surface area contributed by atoms with Crippen LogP contribution in [0, 0.1) is 5.82 Å². The Hall–Kier alpha value is -2.47. The number of aromatic nitrogens is 1. The number of carbonyl (C=O) groups is 2. The van der Waals surface area contributed by atoms with E-state index >= 15 is 0 Å². The Morgan fingerprint density at radius 2 is 2.13 bits per heavy atom. The average Bonchev–Trinajstić information content (AvgIpc) is 2.55. The van der Waals surface area contributed by atoms with Crippen molar-refractivity contribution in [3.63, 3.8) is 0 Å². The Labute approximate surface area is 137 Å². The third-order valence-corrected chi connectivity index (χ3v) is 3.44. The van der Waals surface area contributed by atoms with Gasteiger partial charge in [-0.15, -0.1) is 0 Å². The van der Waals surface area contributed by atoms with Crippen molar-refractivity contribution in [1.29, 1.82) is 0 Å². The molecule has 0 spiro atoms. The van der Waals surface area contributed by atoms with Crippen molar-refractivity contribution >= 4 is 29.2 Å². The van der Waals surface area contributed by atoms with Crippen LogP contribution in [0.5, 0.6) is 0 Å². The maximum Gasteiger partial charge on any atom is 0.307 e. The number of pyridine rings is 1. The van der Waals surface area contributed by atoms with Crippen LogP contribution in [-0.2, 0) is 9.53 Å². The van der Waals surface area contributed by atoms with Gasteiger partial charge in [0.05, 0.1) is 24.1 Å². The van der Waals surface area contributed by atoms with Crippen molar-refractivity contribution in [1.82, 2.24) is 4.98 Å². The van der Waals surface area contributed by atoms with E-state index in [1.807, 2.05) is 0 Å². The molecule has 0 unspecified atom stereocenters. The smallest absolute Gasteiger partial charge is 0.307 e. The van der Waals surface area contributed by atoms with Gasteiger partial charge in [-0.3, -0.25) is 14.6 Å². The fourth-order valence-electron chi connectivity index (χ4n) is 1.99. The average molecular weight is 337 g/mol. The minimum Gasteiger partial charge on any atom is -0.469 e. The molecule has 0 atom stereocenters. The molecule has 0 aliphatic rings. The number of hydrogen-bond acceptors (Lipinski definition) is 4. The number of halogens is 2. The van der Waals surface area contributed by atoms with Crippen LogP contribution in [0.2, 0.25) is 5.02 Å². The number of carbonyl (C=O) groups excluding carboxylic acids is 2. The van der Waals surface area contributed by atoms with Crippen LogP contribution in [0.25, 0.3) is 0 Å².